The molecule has 8 heavy (non-hydrogen) atoms. The van der Waals surface area contributed by atoms with Gasteiger partial charge < -0.3 is 16.0 Å². The zero-order chi connectivity index (χ0) is 5.98. The summed E-state index contributed by atoms with van der Waals surface area (Å²) in [5.41, 5.74) is 5.19. The monoisotopic (exact) mass is 115 g/mol. The molecule has 0 radical (unpaired) electrons. The van der Waals surface area contributed by atoms with Crippen LogP contribution in [0.15, 0.2) is 0 Å². The van der Waals surface area contributed by atoms with Crippen LogP contribution < -0.4 is 11.1 Å². The van der Waals surface area contributed by atoms with E-state index in [-0.39, 0.29) is 6.03 Å². The highest BCUT2D eigenvalue weighted by molar-refractivity contribution is 5.75. The van der Waals surface area contributed by atoms with Gasteiger partial charge in [0.15, 0.2) is 0 Å². The summed E-state index contributed by atoms with van der Waals surface area (Å²) in [6.07, 6.45) is 0. The van der Waals surface area contributed by atoms with Crippen molar-refractivity contribution in [2.75, 3.05) is 19.8 Å². The molecule has 1 rings (SSSR count). The third-order valence-electron chi connectivity index (χ3n) is 1.17. The highest BCUT2D eigenvalue weighted by Gasteiger charge is 2.16. The van der Waals surface area contributed by atoms with E-state index in [0.29, 0.717) is 6.67 Å². The Labute approximate surface area is 47.6 Å². The molecule has 0 unspecified atom stereocenters. The van der Waals surface area contributed by atoms with Crippen LogP contribution >= 0.6 is 0 Å². The summed E-state index contributed by atoms with van der Waals surface area (Å²) in [5.74, 6) is 0. The van der Waals surface area contributed by atoms with Gasteiger partial charge in [-0.2, -0.15) is 0 Å². The Kier molecular flexibility index (Phi) is 1.34. The molecule has 0 aromatic heterocycles. The quantitative estimate of drug-likeness (QED) is 0.457. The summed E-state index contributed by atoms with van der Waals surface area (Å²) in [5, 5.41) is 2.63. The Morgan fingerprint density at radius 1 is 1.88 bits per heavy atom. The van der Waals surface area contributed by atoms with Crippen molar-refractivity contribution in [2.45, 2.75) is 0 Å². The minimum atomic E-state index is -0.0486. The summed E-state index contributed by atoms with van der Waals surface area (Å²) >= 11 is 0. The van der Waals surface area contributed by atoms with Gasteiger partial charge >= 0.3 is 6.03 Å². The fraction of sp³-hybridized carbons (Fsp3) is 0.750. The predicted octanol–water partition coefficient (Wildman–Crippen LogP) is -1.07. The van der Waals surface area contributed by atoms with E-state index in [1.54, 1.807) is 4.90 Å². The molecule has 0 spiro atoms. The van der Waals surface area contributed by atoms with E-state index in [1.165, 1.54) is 0 Å². The lowest BCUT2D eigenvalue weighted by atomic mass is 10.6. The lowest BCUT2D eigenvalue weighted by Crippen LogP contribution is -2.33. The van der Waals surface area contributed by atoms with Crippen LogP contribution in [-0.4, -0.2) is 30.7 Å². The first-order chi connectivity index (χ1) is 3.84. The van der Waals surface area contributed by atoms with Crippen molar-refractivity contribution in [3.8, 4) is 0 Å². The number of hydrogen-bond donors (Lipinski definition) is 2. The van der Waals surface area contributed by atoms with E-state index >= 15 is 0 Å². The Hall–Kier alpha value is -0.770. The predicted molar refractivity (Wildman–Crippen MR) is 29.2 cm³/mol. The van der Waals surface area contributed by atoms with Crippen molar-refractivity contribution in [2.24, 2.45) is 5.73 Å². The van der Waals surface area contributed by atoms with Crippen molar-refractivity contribution in [1.29, 1.82) is 0 Å². The van der Waals surface area contributed by atoms with Gasteiger partial charge in [-0.1, -0.05) is 0 Å². The van der Waals surface area contributed by atoms with Crippen molar-refractivity contribution >= 4 is 6.03 Å². The lowest BCUT2D eigenvalue weighted by molar-refractivity contribution is 0.218. The standard InChI is InChI=1S/C4H9N3O/c5-3-7-2-1-6-4(7)8/h1-3,5H2,(H,6,8). The number of rotatable bonds is 1. The molecule has 0 aromatic rings. The van der Waals surface area contributed by atoms with Crippen LogP contribution in [-0.2, 0) is 0 Å². The number of nitrogens with one attached hydrogen (secondary N) is 1. The Morgan fingerprint density at radius 3 is 2.88 bits per heavy atom. The van der Waals surface area contributed by atoms with Crippen molar-refractivity contribution in [3.63, 3.8) is 0 Å². The van der Waals surface area contributed by atoms with Gasteiger partial charge in [0.2, 0.25) is 0 Å². The van der Waals surface area contributed by atoms with Gasteiger partial charge in [0, 0.05) is 13.1 Å². The van der Waals surface area contributed by atoms with Crippen molar-refractivity contribution in [1.82, 2.24) is 10.2 Å². The average molecular weight is 115 g/mol. The van der Waals surface area contributed by atoms with Gasteiger partial charge in [-0.05, 0) is 0 Å². The fourth-order valence-electron chi connectivity index (χ4n) is 0.685. The molecule has 4 nitrogen and oxygen atoms in total. The molecular weight excluding hydrogens is 106 g/mol. The van der Waals surface area contributed by atoms with Crippen LogP contribution in [0.1, 0.15) is 0 Å². The Balaban J connectivity index is 2.42. The van der Waals surface area contributed by atoms with Crippen LogP contribution in [0.3, 0.4) is 0 Å². The van der Waals surface area contributed by atoms with Crippen LogP contribution in [0.25, 0.3) is 0 Å². The van der Waals surface area contributed by atoms with Gasteiger partial charge in [-0.15, -0.1) is 0 Å². The molecule has 2 amide bonds. The number of urea groups is 1. The summed E-state index contributed by atoms with van der Waals surface area (Å²) in [4.78, 5) is 12.1. The fourth-order valence-corrected chi connectivity index (χ4v) is 0.685. The molecule has 46 valence electrons. The first-order valence-electron chi connectivity index (χ1n) is 2.57. The molecule has 0 saturated carbocycles. The average Bonchev–Trinajstić information content (AvgIpc) is 2.14. The third-order valence-corrected chi connectivity index (χ3v) is 1.17. The molecule has 4 heteroatoms. The van der Waals surface area contributed by atoms with E-state index in [9.17, 15) is 4.79 Å². The molecule has 0 atom stereocenters. The molecule has 0 bridgehead atoms. The number of nitrogens with zero attached hydrogens (tertiary/aromatic N) is 1. The van der Waals surface area contributed by atoms with Crippen LogP contribution in [0.4, 0.5) is 4.79 Å². The third kappa shape index (κ3) is 0.742. The summed E-state index contributed by atoms with van der Waals surface area (Å²) < 4.78 is 0. The van der Waals surface area contributed by atoms with E-state index < -0.39 is 0 Å². The largest absolute Gasteiger partial charge is 0.336 e. The number of amides is 2. The Bertz CT molecular complexity index is 103. The molecule has 0 aliphatic carbocycles. The van der Waals surface area contributed by atoms with Crippen molar-refractivity contribution in [3.05, 3.63) is 0 Å². The second-order valence-electron chi connectivity index (χ2n) is 1.68. The van der Waals surface area contributed by atoms with E-state index in [0.717, 1.165) is 13.1 Å². The molecule has 1 saturated heterocycles. The number of carbonyl (C=O) groups is 1. The maximum atomic E-state index is 10.5. The number of nitrogens with two attached hydrogens (primary N) is 1. The summed E-state index contributed by atoms with van der Waals surface area (Å²) in [6.45, 7) is 1.80. The van der Waals surface area contributed by atoms with Gasteiger partial charge in [0.25, 0.3) is 0 Å². The first-order valence-corrected chi connectivity index (χ1v) is 2.57. The van der Waals surface area contributed by atoms with Crippen LogP contribution in [0.2, 0.25) is 0 Å². The minimum Gasteiger partial charge on any atom is -0.336 e. The minimum absolute atomic E-state index is 0.0486. The smallest absolute Gasteiger partial charge is 0.318 e. The SMILES string of the molecule is NCN1CCNC1=O. The van der Waals surface area contributed by atoms with E-state index in [4.69, 9.17) is 5.73 Å². The lowest BCUT2D eigenvalue weighted by Gasteiger charge is -2.07. The maximum absolute atomic E-state index is 10.5. The highest BCUT2D eigenvalue weighted by Crippen LogP contribution is 1.90. The second-order valence-corrected chi connectivity index (χ2v) is 1.68. The van der Waals surface area contributed by atoms with Crippen molar-refractivity contribution < 1.29 is 4.79 Å². The van der Waals surface area contributed by atoms with Gasteiger partial charge in [0.05, 0.1) is 6.67 Å². The zero-order valence-corrected chi connectivity index (χ0v) is 4.55. The number of hydrogen-bond acceptors (Lipinski definition) is 2. The van der Waals surface area contributed by atoms with Crippen LogP contribution in [0, 0.1) is 0 Å². The van der Waals surface area contributed by atoms with E-state index in [1.807, 2.05) is 0 Å². The van der Waals surface area contributed by atoms with Gasteiger partial charge in [-0.3, -0.25) is 0 Å². The molecule has 1 aliphatic rings. The summed E-state index contributed by atoms with van der Waals surface area (Å²) in [7, 11) is 0. The van der Waals surface area contributed by atoms with E-state index in [2.05, 4.69) is 5.32 Å². The molecule has 3 N–H and O–H groups in total. The van der Waals surface area contributed by atoms with Crippen LogP contribution in [0.5, 0.6) is 0 Å². The normalized spacial score (nSPS) is 19.1. The topological polar surface area (TPSA) is 58.4 Å². The van der Waals surface area contributed by atoms with Gasteiger partial charge in [-0.25, -0.2) is 4.79 Å². The molecule has 1 aliphatic heterocycles. The highest BCUT2D eigenvalue weighted by atomic mass is 16.2. The molecular formula is C4H9N3O. The maximum Gasteiger partial charge on any atom is 0.318 e. The molecule has 1 heterocycles. The molecule has 0 aromatic carbocycles. The second kappa shape index (κ2) is 2.00. The zero-order valence-electron chi connectivity index (χ0n) is 4.55. The molecule has 1 fully saturated rings. The summed E-state index contributed by atoms with van der Waals surface area (Å²) in [6, 6.07) is -0.0486. The number of carbonyl (C=O) groups excluding carboxylic acids is 1. The van der Waals surface area contributed by atoms with Gasteiger partial charge in [0.1, 0.15) is 0 Å². The Morgan fingerprint density at radius 2 is 2.62 bits per heavy atom. The first kappa shape index (κ1) is 5.37.